The highest BCUT2D eigenvalue weighted by molar-refractivity contribution is 5.97. The van der Waals surface area contributed by atoms with Gasteiger partial charge >= 0.3 is 5.97 Å². The van der Waals surface area contributed by atoms with Crippen LogP contribution in [0.4, 0.5) is 0 Å². The summed E-state index contributed by atoms with van der Waals surface area (Å²) in [5, 5.41) is 26.5. The Hall–Kier alpha value is -4.02. The minimum Gasteiger partial charge on any atom is -0.479 e. The highest BCUT2D eigenvalue weighted by Crippen LogP contribution is 2.20. The summed E-state index contributed by atoms with van der Waals surface area (Å²) < 4.78 is 0. The maximum atomic E-state index is 13.2. The van der Waals surface area contributed by atoms with Crippen molar-refractivity contribution in [2.24, 2.45) is 5.92 Å². The number of rotatable bonds is 11. The maximum Gasteiger partial charge on any atom is 0.333 e. The molecule has 1 atom stereocenters. The van der Waals surface area contributed by atoms with E-state index in [1.807, 2.05) is 68.4 Å². The van der Waals surface area contributed by atoms with Gasteiger partial charge in [0.1, 0.15) is 5.69 Å². The van der Waals surface area contributed by atoms with Gasteiger partial charge in [0.05, 0.1) is 13.1 Å². The number of hydrazine groups is 1. The number of aliphatic hydroxyl groups is 1. The lowest BCUT2D eigenvalue weighted by Crippen LogP contribution is -2.47. The van der Waals surface area contributed by atoms with Gasteiger partial charge in [0, 0.05) is 19.7 Å². The lowest BCUT2D eigenvalue weighted by atomic mass is 10.0. The van der Waals surface area contributed by atoms with Crippen LogP contribution in [0.25, 0.3) is 11.1 Å². The molecule has 3 rings (SSSR count). The summed E-state index contributed by atoms with van der Waals surface area (Å²) in [4.78, 5) is 38.4. The highest BCUT2D eigenvalue weighted by Gasteiger charge is 2.24. The van der Waals surface area contributed by atoms with Crippen molar-refractivity contribution >= 4 is 17.8 Å². The Labute approximate surface area is 209 Å². The summed E-state index contributed by atoms with van der Waals surface area (Å²) in [7, 11) is 1.67. The predicted molar refractivity (Wildman–Crippen MR) is 134 cm³/mol. The Morgan fingerprint density at radius 3 is 2.25 bits per heavy atom. The molecule has 0 saturated carbocycles. The number of carboxylic acids is 1. The van der Waals surface area contributed by atoms with Crippen LogP contribution in [0.5, 0.6) is 0 Å². The molecule has 0 fully saturated rings. The van der Waals surface area contributed by atoms with Gasteiger partial charge in [-0.3, -0.25) is 19.7 Å². The Bertz CT molecular complexity index is 1180. The van der Waals surface area contributed by atoms with Crippen molar-refractivity contribution < 1.29 is 24.6 Å². The number of aliphatic hydroxyl groups excluding tert-OH is 1. The lowest BCUT2D eigenvalue weighted by molar-refractivity contribution is -0.146. The van der Waals surface area contributed by atoms with Crippen LogP contribution < -0.4 is 5.43 Å². The van der Waals surface area contributed by atoms with Crippen LogP contribution in [0.1, 0.15) is 40.4 Å². The minimum absolute atomic E-state index is 0.0505. The molecule has 0 saturated heterocycles. The molecular formula is C26H31N5O5. The number of nitrogens with one attached hydrogen (secondary N) is 2. The van der Waals surface area contributed by atoms with E-state index in [2.05, 4.69) is 15.6 Å². The molecule has 0 spiro atoms. The number of H-pyrrole nitrogens is 1. The summed E-state index contributed by atoms with van der Waals surface area (Å²) >= 11 is 0. The number of benzene rings is 2. The molecule has 1 aromatic heterocycles. The quantitative estimate of drug-likeness (QED) is 0.301. The largest absolute Gasteiger partial charge is 0.479 e. The number of carbonyl (C=O) groups is 3. The van der Waals surface area contributed by atoms with Crippen molar-refractivity contribution in [1.82, 2.24) is 25.5 Å². The normalized spacial score (nSPS) is 11.8. The first-order valence-electron chi connectivity index (χ1n) is 11.6. The van der Waals surface area contributed by atoms with Gasteiger partial charge in [-0.05, 0) is 22.6 Å². The standard InChI is InChI=1S/C26H31N5O5/c1-17(2)15-30(3)24(33)21-13-22(29-28-21)25(34)31(27-14-23(32)26(35)36)16-18-9-11-20(12-10-18)19-7-5-4-6-8-19/h4-13,17,23,27,32H,14-16H2,1-3H3,(H,28,29)(H,35,36). The molecule has 0 radical (unpaired) electrons. The van der Waals surface area contributed by atoms with E-state index >= 15 is 0 Å². The van der Waals surface area contributed by atoms with Gasteiger partial charge in [-0.25, -0.2) is 10.2 Å². The molecule has 10 heteroatoms. The predicted octanol–water partition coefficient (Wildman–Crippen LogP) is 2.40. The zero-order valence-corrected chi connectivity index (χ0v) is 20.5. The maximum absolute atomic E-state index is 13.2. The molecule has 1 heterocycles. The molecule has 190 valence electrons. The molecule has 0 aliphatic rings. The van der Waals surface area contributed by atoms with Crippen molar-refractivity contribution in [3.05, 3.63) is 77.6 Å². The molecule has 36 heavy (non-hydrogen) atoms. The molecule has 3 aromatic rings. The summed E-state index contributed by atoms with van der Waals surface area (Å²) in [6.45, 7) is 4.21. The van der Waals surface area contributed by atoms with Crippen LogP contribution in [-0.2, 0) is 11.3 Å². The fourth-order valence-corrected chi connectivity index (χ4v) is 3.61. The number of nitrogens with zero attached hydrogens (tertiary/aromatic N) is 3. The molecule has 2 amide bonds. The number of carboxylic acid groups (broad SMARTS) is 1. The highest BCUT2D eigenvalue weighted by atomic mass is 16.4. The van der Waals surface area contributed by atoms with Crippen LogP contribution in [0.2, 0.25) is 0 Å². The number of carbonyl (C=O) groups excluding carboxylic acids is 2. The summed E-state index contributed by atoms with van der Waals surface area (Å²) in [6, 6.07) is 18.8. The van der Waals surface area contributed by atoms with Gasteiger partial charge in [-0.15, -0.1) is 0 Å². The van der Waals surface area contributed by atoms with E-state index in [4.69, 9.17) is 5.11 Å². The van der Waals surface area contributed by atoms with Crippen LogP contribution in [0.3, 0.4) is 0 Å². The second-order valence-electron chi connectivity index (χ2n) is 8.92. The topological polar surface area (TPSA) is 139 Å². The molecule has 1 unspecified atom stereocenters. The molecule has 0 aliphatic carbocycles. The SMILES string of the molecule is CC(C)CN(C)C(=O)c1cc(C(=O)N(Cc2ccc(-c3ccccc3)cc2)NCC(O)C(=O)O)[nH]n1. The summed E-state index contributed by atoms with van der Waals surface area (Å²) in [5.41, 5.74) is 5.67. The van der Waals surface area contributed by atoms with Crippen LogP contribution in [-0.4, -0.2) is 74.3 Å². The van der Waals surface area contributed by atoms with Crippen molar-refractivity contribution in [2.75, 3.05) is 20.1 Å². The number of hydrogen-bond donors (Lipinski definition) is 4. The fraction of sp³-hybridized carbons (Fsp3) is 0.308. The van der Waals surface area contributed by atoms with Gasteiger partial charge in [-0.2, -0.15) is 5.10 Å². The van der Waals surface area contributed by atoms with Gasteiger partial charge in [0.25, 0.3) is 11.8 Å². The number of aliphatic carboxylic acids is 1. The summed E-state index contributed by atoms with van der Waals surface area (Å²) in [6.07, 6.45) is -1.70. The average Bonchev–Trinajstić information content (AvgIpc) is 3.36. The van der Waals surface area contributed by atoms with E-state index in [0.29, 0.717) is 6.54 Å². The van der Waals surface area contributed by atoms with Gasteiger partial charge in [-0.1, -0.05) is 68.4 Å². The van der Waals surface area contributed by atoms with Crippen molar-refractivity contribution in [3.63, 3.8) is 0 Å². The van der Waals surface area contributed by atoms with Crippen LogP contribution in [0.15, 0.2) is 60.7 Å². The fourth-order valence-electron chi connectivity index (χ4n) is 3.61. The van der Waals surface area contributed by atoms with Crippen LogP contribution in [0, 0.1) is 5.92 Å². The van der Waals surface area contributed by atoms with Crippen molar-refractivity contribution in [2.45, 2.75) is 26.5 Å². The number of aromatic nitrogens is 2. The smallest absolute Gasteiger partial charge is 0.333 e. The van der Waals surface area contributed by atoms with Crippen molar-refractivity contribution in [1.29, 1.82) is 0 Å². The van der Waals surface area contributed by atoms with E-state index in [1.54, 1.807) is 7.05 Å². The zero-order valence-electron chi connectivity index (χ0n) is 20.5. The first-order valence-corrected chi connectivity index (χ1v) is 11.6. The van der Waals surface area contributed by atoms with E-state index in [-0.39, 0.29) is 36.3 Å². The second-order valence-corrected chi connectivity index (χ2v) is 8.92. The van der Waals surface area contributed by atoms with E-state index < -0.39 is 18.0 Å². The molecule has 4 N–H and O–H groups in total. The zero-order chi connectivity index (χ0) is 26.2. The van der Waals surface area contributed by atoms with E-state index in [0.717, 1.165) is 16.7 Å². The molecule has 0 aliphatic heterocycles. The molecule has 0 bridgehead atoms. The molecule has 2 aromatic carbocycles. The van der Waals surface area contributed by atoms with Gasteiger partial charge in [0.15, 0.2) is 11.8 Å². The van der Waals surface area contributed by atoms with Crippen molar-refractivity contribution in [3.8, 4) is 11.1 Å². The minimum atomic E-state index is -1.70. The first-order chi connectivity index (χ1) is 17.2. The Morgan fingerprint density at radius 1 is 1.00 bits per heavy atom. The second kappa shape index (κ2) is 12.1. The monoisotopic (exact) mass is 493 g/mol. The molecule has 10 nitrogen and oxygen atoms in total. The van der Waals surface area contributed by atoms with Gasteiger partial charge in [0.2, 0.25) is 0 Å². The lowest BCUT2D eigenvalue weighted by Gasteiger charge is -2.24. The third kappa shape index (κ3) is 7.00. The Kier molecular flexibility index (Phi) is 8.93. The number of hydrogen-bond acceptors (Lipinski definition) is 6. The molecular weight excluding hydrogens is 462 g/mol. The Balaban J connectivity index is 1.78. The number of aromatic amines is 1. The average molecular weight is 494 g/mol. The van der Waals surface area contributed by atoms with Gasteiger partial charge < -0.3 is 15.1 Å². The third-order valence-electron chi connectivity index (χ3n) is 5.42. The third-order valence-corrected chi connectivity index (χ3v) is 5.42. The Morgan fingerprint density at radius 2 is 1.64 bits per heavy atom. The summed E-state index contributed by atoms with van der Waals surface area (Å²) in [5.74, 6) is -2.02. The van der Waals surface area contributed by atoms with Crippen LogP contribution >= 0.6 is 0 Å². The van der Waals surface area contributed by atoms with E-state index in [1.165, 1.54) is 16.0 Å². The van der Waals surface area contributed by atoms with E-state index in [9.17, 15) is 19.5 Å². The first kappa shape index (κ1) is 26.6. The number of amides is 2.